The summed E-state index contributed by atoms with van der Waals surface area (Å²) in [4.78, 5) is 0. The number of benzene rings is 2. The third-order valence-electron chi connectivity index (χ3n) is 3.58. The van der Waals surface area contributed by atoms with E-state index in [1.54, 1.807) is 0 Å². The van der Waals surface area contributed by atoms with Gasteiger partial charge in [0.2, 0.25) is 0 Å². The molecule has 0 aromatic heterocycles. The van der Waals surface area contributed by atoms with E-state index < -0.39 is 6.10 Å². The summed E-state index contributed by atoms with van der Waals surface area (Å²) in [5.41, 5.74) is 3.21. The molecule has 2 aromatic carbocycles. The predicted molar refractivity (Wildman–Crippen MR) is 78.3 cm³/mol. The van der Waals surface area contributed by atoms with E-state index in [1.165, 1.54) is 5.56 Å². The number of rotatable bonds is 1. The first kappa shape index (κ1) is 12.7. The SMILES string of the molecule is Cc1ccccc1C1C[C@@H](O)c2ccc(Br)cc2O1. The van der Waals surface area contributed by atoms with Gasteiger partial charge in [0, 0.05) is 16.5 Å². The molecule has 1 unspecified atom stereocenters. The smallest absolute Gasteiger partial charge is 0.127 e. The minimum Gasteiger partial charge on any atom is -0.485 e. The molecular weight excluding hydrogens is 304 g/mol. The highest BCUT2D eigenvalue weighted by atomic mass is 79.9. The van der Waals surface area contributed by atoms with Crippen LogP contribution in [0.4, 0.5) is 0 Å². The van der Waals surface area contributed by atoms with Gasteiger partial charge in [-0.15, -0.1) is 0 Å². The van der Waals surface area contributed by atoms with Gasteiger partial charge in [0.1, 0.15) is 11.9 Å². The van der Waals surface area contributed by atoms with E-state index in [2.05, 4.69) is 35.0 Å². The molecule has 0 bridgehead atoms. The average molecular weight is 319 g/mol. The van der Waals surface area contributed by atoms with E-state index in [4.69, 9.17) is 4.74 Å². The van der Waals surface area contributed by atoms with Crippen molar-refractivity contribution in [2.24, 2.45) is 0 Å². The average Bonchev–Trinajstić information content (AvgIpc) is 2.38. The summed E-state index contributed by atoms with van der Waals surface area (Å²) in [7, 11) is 0. The van der Waals surface area contributed by atoms with Crippen molar-refractivity contribution in [3.05, 3.63) is 63.6 Å². The van der Waals surface area contributed by atoms with Gasteiger partial charge < -0.3 is 9.84 Å². The van der Waals surface area contributed by atoms with E-state index in [9.17, 15) is 5.11 Å². The molecule has 1 aliphatic rings. The number of aliphatic hydroxyl groups is 1. The molecular formula is C16H15BrO2. The molecule has 19 heavy (non-hydrogen) atoms. The van der Waals surface area contributed by atoms with Crippen molar-refractivity contribution in [3.63, 3.8) is 0 Å². The summed E-state index contributed by atoms with van der Waals surface area (Å²) in [5, 5.41) is 10.3. The number of ether oxygens (including phenoxy) is 1. The molecule has 98 valence electrons. The van der Waals surface area contributed by atoms with E-state index in [0.29, 0.717) is 6.42 Å². The van der Waals surface area contributed by atoms with Gasteiger partial charge in [-0.2, -0.15) is 0 Å². The Morgan fingerprint density at radius 1 is 1.16 bits per heavy atom. The summed E-state index contributed by atoms with van der Waals surface area (Å²) < 4.78 is 7.02. The van der Waals surface area contributed by atoms with Gasteiger partial charge in [0.25, 0.3) is 0 Å². The lowest BCUT2D eigenvalue weighted by Crippen LogP contribution is -2.19. The third kappa shape index (κ3) is 2.40. The van der Waals surface area contributed by atoms with Gasteiger partial charge in [0.15, 0.2) is 0 Å². The summed E-state index contributed by atoms with van der Waals surface area (Å²) in [6.07, 6.45) is 0.0407. The largest absolute Gasteiger partial charge is 0.485 e. The van der Waals surface area contributed by atoms with E-state index >= 15 is 0 Å². The van der Waals surface area contributed by atoms with Crippen LogP contribution in [0.15, 0.2) is 46.9 Å². The van der Waals surface area contributed by atoms with Crippen molar-refractivity contribution in [1.82, 2.24) is 0 Å². The minimum absolute atomic E-state index is 0.0852. The highest BCUT2D eigenvalue weighted by molar-refractivity contribution is 9.10. The Kier molecular flexibility index (Phi) is 3.33. The molecule has 2 atom stereocenters. The number of hydrogen-bond acceptors (Lipinski definition) is 2. The van der Waals surface area contributed by atoms with Gasteiger partial charge in [-0.05, 0) is 30.2 Å². The molecule has 0 spiro atoms. The zero-order valence-electron chi connectivity index (χ0n) is 10.6. The Labute approximate surface area is 121 Å². The van der Waals surface area contributed by atoms with Crippen LogP contribution < -0.4 is 4.74 Å². The van der Waals surface area contributed by atoms with Crippen molar-refractivity contribution in [3.8, 4) is 5.75 Å². The zero-order chi connectivity index (χ0) is 13.4. The number of fused-ring (bicyclic) bond motifs is 1. The maximum Gasteiger partial charge on any atom is 0.127 e. The van der Waals surface area contributed by atoms with Crippen LogP contribution in [0, 0.1) is 6.92 Å². The molecule has 0 saturated carbocycles. The topological polar surface area (TPSA) is 29.5 Å². The Morgan fingerprint density at radius 2 is 1.95 bits per heavy atom. The lowest BCUT2D eigenvalue weighted by Gasteiger charge is -2.30. The molecule has 2 nitrogen and oxygen atoms in total. The van der Waals surface area contributed by atoms with Crippen molar-refractivity contribution < 1.29 is 9.84 Å². The normalized spacial score (nSPS) is 21.6. The molecule has 0 aliphatic carbocycles. The van der Waals surface area contributed by atoms with Crippen LogP contribution in [-0.4, -0.2) is 5.11 Å². The van der Waals surface area contributed by atoms with E-state index in [-0.39, 0.29) is 6.10 Å². The maximum absolute atomic E-state index is 10.3. The molecule has 2 aromatic rings. The molecule has 0 radical (unpaired) electrons. The summed E-state index contributed by atoms with van der Waals surface area (Å²) in [6.45, 7) is 2.07. The first-order valence-corrected chi connectivity index (χ1v) is 7.14. The maximum atomic E-state index is 10.3. The number of halogens is 1. The van der Waals surface area contributed by atoms with Gasteiger partial charge >= 0.3 is 0 Å². The van der Waals surface area contributed by atoms with Crippen LogP contribution in [0.3, 0.4) is 0 Å². The fourth-order valence-electron chi connectivity index (χ4n) is 2.56. The van der Waals surface area contributed by atoms with Gasteiger partial charge in [-0.1, -0.05) is 46.3 Å². The Hall–Kier alpha value is -1.32. The number of aryl methyl sites for hydroxylation is 1. The van der Waals surface area contributed by atoms with E-state index in [1.807, 2.05) is 30.3 Å². The quantitative estimate of drug-likeness (QED) is 0.848. The van der Waals surface area contributed by atoms with Crippen LogP contribution >= 0.6 is 15.9 Å². The Morgan fingerprint density at radius 3 is 2.74 bits per heavy atom. The Bertz CT molecular complexity index is 609. The number of hydrogen-bond donors (Lipinski definition) is 1. The van der Waals surface area contributed by atoms with Crippen LogP contribution in [0.25, 0.3) is 0 Å². The van der Waals surface area contributed by atoms with Crippen LogP contribution in [0.5, 0.6) is 5.75 Å². The van der Waals surface area contributed by atoms with E-state index in [0.717, 1.165) is 21.3 Å². The lowest BCUT2D eigenvalue weighted by molar-refractivity contribution is 0.0654. The van der Waals surface area contributed by atoms with Crippen LogP contribution in [-0.2, 0) is 0 Å². The highest BCUT2D eigenvalue weighted by Crippen LogP contribution is 2.42. The summed E-state index contributed by atoms with van der Waals surface area (Å²) >= 11 is 3.44. The molecule has 0 amide bonds. The second-order valence-electron chi connectivity index (χ2n) is 4.90. The minimum atomic E-state index is -0.471. The van der Waals surface area contributed by atoms with Crippen molar-refractivity contribution in [2.75, 3.05) is 0 Å². The van der Waals surface area contributed by atoms with Gasteiger partial charge in [-0.3, -0.25) is 0 Å². The standard InChI is InChI=1S/C16H15BrO2/c1-10-4-2-3-5-12(10)16-9-14(18)13-7-6-11(17)8-15(13)19-16/h2-8,14,16,18H,9H2,1H3/t14-,16?/m1/s1. The zero-order valence-corrected chi connectivity index (χ0v) is 12.2. The first-order valence-electron chi connectivity index (χ1n) is 6.35. The second kappa shape index (κ2) is 4.99. The predicted octanol–water partition coefficient (Wildman–Crippen LogP) is 4.31. The molecule has 1 aliphatic heterocycles. The monoisotopic (exact) mass is 318 g/mol. The van der Waals surface area contributed by atoms with Crippen molar-refractivity contribution in [1.29, 1.82) is 0 Å². The number of aliphatic hydroxyl groups excluding tert-OH is 1. The molecule has 0 saturated heterocycles. The molecule has 0 fully saturated rings. The fraction of sp³-hybridized carbons (Fsp3) is 0.250. The molecule has 1 N–H and O–H groups in total. The van der Waals surface area contributed by atoms with Crippen molar-refractivity contribution >= 4 is 15.9 Å². The van der Waals surface area contributed by atoms with Crippen molar-refractivity contribution in [2.45, 2.75) is 25.6 Å². The molecule has 3 rings (SSSR count). The Balaban J connectivity index is 1.99. The first-order chi connectivity index (χ1) is 9.15. The van der Waals surface area contributed by atoms with Crippen LogP contribution in [0.1, 0.15) is 35.3 Å². The third-order valence-corrected chi connectivity index (χ3v) is 4.07. The highest BCUT2D eigenvalue weighted by Gasteiger charge is 2.28. The second-order valence-corrected chi connectivity index (χ2v) is 5.81. The lowest BCUT2D eigenvalue weighted by atomic mass is 9.93. The summed E-state index contributed by atoms with van der Waals surface area (Å²) in [6, 6.07) is 13.9. The molecule has 3 heteroatoms. The van der Waals surface area contributed by atoms with Crippen LogP contribution in [0.2, 0.25) is 0 Å². The fourth-order valence-corrected chi connectivity index (χ4v) is 2.90. The van der Waals surface area contributed by atoms with Gasteiger partial charge in [-0.25, -0.2) is 0 Å². The molecule has 1 heterocycles. The van der Waals surface area contributed by atoms with Gasteiger partial charge in [0.05, 0.1) is 6.10 Å². The summed E-state index contributed by atoms with van der Waals surface area (Å²) in [5.74, 6) is 0.765.